The molecule has 0 amide bonds. The zero-order valence-corrected chi connectivity index (χ0v) is 8.52. The second-order valence-corrected chi connectivity index (χ2v) is 3.66. The predicted molar refractivity (Wildman–Crippen MR) is 55.0 cm³/mol. The fourth-order valence-electron chi connectivity index (χ4n) is 1.56. The summed E-state index contributed by atoms with van der Waals surface area (Å²) < 4.78 is 0. The van der Waals surface area contributed by atoms with Gasteiger partial charge in [0, 0.05) is 11.4 Å². The van der Waals surface area contributed by atoms with E-state index in [2.05, 4.69) is 43.7 Å². The average Bonchev–Trinajstić information content (AvgIpc) is 2.32. The Morgan fingerprint density at radius 1 is 1.15 bits per heavy atom. The molecule has 0 fully saturated rings. The van der Waals surface area contributed by atoms with Crippen molar-refractivity contribution in [2.75, 3.05) is 0 Å². The first-order valence-corrected chi connectivity index (χ1v) is 4.52. The van der Waals surface area contributed by atoms with E-state index in [4.69, 9.17) is 0 Å². The van der Waals surface area contributed by atoms with Crippen LogP contribution in [0.15, 0.2) is 6.07 Å². The molecular formula is C11H14N2. The highest BCUT2D eigenvalue weighted by Crippen LogP contribution is 2.21. The fourth-order valence-corrected chi connectivity index (χ4v) is 1.56. The van der Waals surface area contributed by atoms with Crippen molar-refractivity contribution < 1.29 is 0 Å². The smallest absolute Gasteiger partial charge is 0.0914 e. The van der Waals surface area contributed by atoms with Gasteiger partial charge in [-0.1, -0.05) is 0 Å². The minimum absolute atomic E-state index is 1.11. The molecule has 0 radical (unpaired) electrons. The van der Waals surface area contributed by atoms with Crippen molar-refractivity contribution in [3.8, 4) is 0 Å². The molecule has 68 valence electrons. The molecule has 1 N–H and O–H groups in total. The third kappa shape index (κ3) is 1.13. The van der Waals surface area contributed by atoms with E-state index >= 15 is 0 Å². The molecule has 2 aromatic heterocycles. The monoisotopic (exact) mass is 174 g/mol. The average molecular weight is 174 g/mol. The summed E-state index contributed by atoms with van der Waals surface area (Å²) in [5, 5.41) is 0. The van der Waals surface area contributed by atoms with Crippen LogP contribution in [0.25, 0.3) is 11.0 Å². The Labute approximate surface area is 78.0 Å². The van der Waals surface area contributed by atoms with Gasteiger partial charge in [-0.05, 0) is 44.9 Å². The molecule has 0 atom stereocenters. The second kappa shape index (κ2) is 2.59. The molecule has 0 unspecified atom stereocenters. The largest absolute Gasteiger partial charge is 0.357 e. The third-order valence-corrected chi connectivity index (χ3v) is 2.71. The summed E-state index contributed by atoms with van der Waals surface area (Å²) in [5.74, 6) is 0. The van der Waals surface area contributed by atoms with Crippen LogP contribution in [0.5, 0.6) is 0 Å². The van der Waals surface area contributed by atoms with Crippen LogP contribution in [0.4, 0.5) is 0 Å². The third-order valence-electron chi connectivity index (χ3n) is 2.71. The number of aromatic nitrogens is 2. The van der Waals surface area contributed by atoms with Crippen LogP contribution in [-0.4, -0.2) is 9.97 Å². The molecule has 0 aliphatic rings. The van der Waals surface area contributed by atoms with Gasteiger partial charge in [0.15, 0.2) is 0 Å². The van der Waals surface area contributed by atoms with E-state index in [9.17, 15) is 0 Å². The van der Waals surface area contributed by atoms with E-state index in [0.717, 1.165) is 16.7 Å². The van der Waals surface area contributed by atoms with E-state index in [1.807, 2.05) is 0 Å². The van der Waals surface area contributed by atoms with Gasteiger partial charge in [-0.3, -0.25) is 4.98 Å². The molecule has 0 aliphatic carbocycles. The Bertz CT molecular complexity index is 466. The summed E-state index contributed by atoms with van der Waals surface area (Å²) in [6, 6.07) is 2.16. The van der Waals surface area contributed by atoms with Crippen LogP contribution in [-0.2, 0) is 0 Å². The number of rotatable bonds is 0. The summed E-state index contributed by atoms with van der Waals surface area (Å²) >= 11 is 0. The number of hydrogen-bond donors (Lipinski definition) is 1. The van der Waals surface area contributed by atoms with E-state index in [1.54, 1.807) is 0 Å². The van der Waals surface area contributed by atoms with E-state index in [-0.39, 0.29) is 0 Å². The van der Waals surface area contributed by atoms with Crippen molar-refractivity contribution in [1.29, 1.82) is 0 Å². The molecule has 2 heterocycles. The number of fused-ring (bicyclic) bond motifs is 1. The lowest BCUT2D eigenvalue weighted by Gasteiger charge is -1.98. The van der Waals surface area contributed by atoms with E-state index in [1.165, 1.54) is 16.8 Å². The molecule has 2 aromatic rings. The van der Waals surface area contributed by atoms with Gasteiger partial charge in [-0.15, -0.1) is 0 Å². The van der Waals surface area contributed by atoms with Crippen molar-refractivity contribution in [3.05, 3.63) is 28.6 Å². The molecule has 13 heavy (non-hydrogen) atoms. The van der Waals surface area contributed by atoms with Crippen LogP contribution in [0.1, 0.15) is 22.5 Å². The van der Waals surface area contributed by atoms with Crippen LogP contribution in [0.3, 0.4) is 0 Å². The number of nitrogens with zero attached hydrogens (tertiary/aromatic N) is 1. The normalized spacial score (nSPS) is 11.1. The Morgan fingerprint density at radius 3 is 2.54 bits per heavy atom. The lowest BCUT2D eigenvalue weighted by Crippen LogP contribution is -1.86. The molecule has 0 saturated carbocycles. The summed E-state index contributed by atoms with van der Waals surface area (Å²) in [6.07, 6.45) is 0. The van der Waals surface area contributed by atoms with Gasteiger partial charge >= 0.3 is 0 Å². The molecule has 0 saturated heterocycles. The summed E-state index contributed by atoms with van der Waals surface area (Å²) in [4.78, 5) is 7.90. The van der Waals surface area contributed by atoms with Crippen molar-refractivity contribution >= 4 is 11.0 Å². The van der Waals surface area contributed by atoms with Crippen LogP contribution >= 0.6 is 0 Å². The SMILES string of the molecule is Cc1cc2[nH]c(C)c(C)c2nc1C. The second-order valence-electron chi connectivity index (χ2n) is 3.66. The van der Waals surface area contributed by atoms with Crippen LogP contribution in [0, 0.1) is 27.7 Å². The minimum Gasteiger partial charge on any atom is -0.357 e. The van der Waals surface area contributed by atoms with Gasteiger partial charge in [0.1, 0.15) is 0 Å². The fraction of sp³-hybridized carbons (Fsp3) is 0.364. The Morgan fingerprint density at radius 2 is 1.85 bits per heavy atom. The highest BCUT2D eigenvalue weighted by atomic mass is 14.8. The standard InChI is InChI=1S/C11H14N2/c1-6-5-10-11(13-8(6)3)7(2)9(4)12-10/h5,12H,1-4H3. The molecular weight excluding hydrogens is 160 g/mol. The first-order chi connectivity index (χ1) is 6.09. The van der Waals surface area contributed by atoms with Crippen molar-refractivity contribution in [2.24, 2.45) is 0 Å². The van der Waals surface area contributed by atoms with Gasteiger partial charge in [-0.25, -0.2) is 0 Å². The van der Waals surface area contributed by atoms with E-state index < -0.39 is 0 Å². The van der Waals surface area contributed by atoms with Crippen LogP contribution < -0.4 is 0 Å². The maximum Gasteiger partial charge on any atom is 0.0914 e. The van der Waals surface area contributed by atoms with E-state index in [0.29, 0.717) is 0 Å². The van der Waals surface area contributed by atoms with Gasteiger partial charge in [0.25, 0.3) is 0 Å². The summed E-state index contributed by atoms with van der Waals surface area (Å²) in [6.45, 7) is 8.33. The van der Waals surface area contributed by atoms with Gasteiger partial charge in [-0.2, -0.15) is 0 Å². The zero-order valence-electron chi connectivity index (χ0n) is 8.52. The predicted octanol–water partition coefficient (Wildman–Crippen LogP) is 2.80. The zero-order chi connectivity index (χ0) is 9.59. The quantitative estimate of drug-likeness (QED) is 0.653. The number of H-pyrrole nitrogens is 1. The molecule has 0 bridgehead atoms. The number of nitrogens with one attached hydrogen (secondary N) is 1. The van der Waals surface area contributed by atoms with Crippen LogP contribution in [0.2, 0.25) is 0 Å². The molecule has 2 nitrogen and oxygen atoms in total. The topological polar surface area (TPSA) is 28.7 Å². The number of aryl methyl sites for hydroxylation is 4. The molecule has 0 aromatic carbocycles. The first-order valence-electron chi connectivity index (χ1n) is 4.52. The maximum atomic E-state index is 4.56. The van der Waals surface area contributed by atoms with Crippen molar-refractivity contribution in [1.82, 2.24) is 9.97 Å². The Hall–Kier alpha value is -1.31. The Kier molecular flexibility index (Phi) is 1.65. The van der Waals surface area contributed by atoms with Crippen molar-refractivity contribution in [3.63, 3.8) is 0 Å². The number of aromatic amines is 1. The molecule has 2 rings (SSSR count). The molecule has 2 heteroatoms. The minimum atomic E-state index is 1.11. The van der Waals surface area contributed by atoms with Gasteiger partial charge in [0.05, 0.1) is 11.0 Å². The summed E-state index contributed by atoms with van der Waals surface area (Å²) in [5.41, 5.74) is 7.10. The molecule has 0 aliphatic heterocycles. The maximum absolute atomic E-state index is 4.56. The first kappa shape index (κ1) is 8.30. The lowest BCUT2D eigenvalue weighted by molar-refractivity contribution is 1.19. The highest BCUT2D eigenvalue weighted by molar-refractivity contribution is 5.81. The number of hydrogen-bond acceptors (Lipinski definition) is 1. The highest BCUT2D eigenvalue weighted by Gasteiger charge is 2.06. The molecule has 0 spiro atoms. The lowest BCUT2D eigenvalue weighted by atomic mass is 10.2. The van der Waals surface area contributed by atoms with Gasteiger partial charge < -0.3 is 4.98 Å². The van der Waals surface area contributed by atoms with Crippen molar-refractivity contribution in [2.45, 2.75) is 27.7 Å². The summed E-state index contributed by atoms with van der Waals surface area (Å²) in [7, 11) is 0. The van der Waals surface area contributed by atoms with Gasteiger partial charge in [0.2, 0.25) is 0 Å². The Balaban J connectivity index is 2.89. The number of pyridine rings is 1.